The predicted octanol–water partition coefficient (Wildman–Crippen LogP) is 4.07. The van der Waals surface area contributed by atoms with E-state index in [0.717, 1.165) is 11.3 Å². The van der Waals surface area contributed by atoms with Crippen LogP contribution in [0, 0.1) is 0 Å². The number of rotatable bonds is 9. The number of hydrogen-bond donors (Lipinski definition) is 1. The number of amides is 1. The van der Waals surface area contributed by atoms with E-state index in [-0.39, 0.29) is 22.2 Å². The van der Waals surface area contributed by atoms with E-state index in [1.165, 1.54) is 31.2 Å². The minimum absolute atomic E-state index is 0.189. The summed E-state index contributed by atoms with van der Waals surface area (Å²) in [5.74, 6) is -0.818. The first-order chi connectivity index (χ1) is 16.0. The summed E-state index contributed by atoms with van der Waals surface area (Å²) < 4.78 is 72.4. The summed E-state index contributed by atoms with van der Waals surface area (Å²) >= 11 is 1.11. The fourth-order valence-electron chi connectivity index (χ4n) is 3.11. The number of thiazole rings is 1. The third-order valence-electron chi connectivity index (χ3n) is 4.52. The molecule has 1 amide bonds. The Morgan fingerprint density at radius 1 is 1.12 bits per heavy atom. The molecule has 3 rings (SSSR count). The number of benzene rings is 2. The van der Waals surface area contributed by atoms with Gasteiger partial charge >= 0.3 is 6.36 Å². The number of ether oxygens (including phenoxy) is 1. The van der Waals surface area contributed by atoms with Gasteiger partial charge in [0.05, 0.1) is 11.4 Å². The van der Waals surface area contributed by atoms with Crippen LogP contribution >= 0.6 is 11.3 Å². The second-order valence-corrected chi connectivity index (χ2v) is 9.74. The summed E-state index contributed by atoms with van der Waals surface area (Å²) in [6.45, 7) is 2.09. The first kappa shape index (κ1) is 25.5. The van der Waals surface area contributed by atoms with Crippen molar-refractivity contribution in [2.24, 2.45) is 4.40 Å². The zero-order valence-electron chi connectivity index (χ0n) is 18.1. The highest BCUT2D eigenvalue weighted by molar-refractivity contribution is 7.89. The molecular weight excluding hydrogens is 491 g/mol. The molecule has 0 saturated carbocycles. The normalized spacial score (nSPS) is 12.5. The standard InChI is InChI=1S/C22H22F3N3O4S2/c1-16(29)26-12-5-13-28-20(18-8-10-19(11-9-18)32-22(23,24)25)14-33-21(28)27-34(30,31)15-17-6-3-2-4-7-17/h2-4,6-11,14H,5,12-13,15H2,1H3,(H,26,29)/b27-21-. The van der Waals surface area contributed by atoms with Crippen LogP contribution < -0.4 is 14.9 Å². The molecule has 2 aromatic carbocycles. The maximum absolute atomic E-state index is 12.7. The van der Waals surface area contributed by atoms with Crippen molar-refractivity contribution in [1.82, 2.24) is 9.88 Å². The largest absolute Gasteiger partial charge is 0.573 e. The molecule has 0 radical (unpaired) electrons. The molecule has 34 heavy (non-hydrogen) atoms. The third kappa shape index (κ3) is 7.73. The van der Waals surface area contributed by atoms with E-state index >= 15 is 0 Å². The van der Waals surface area contributed by atoms with Gasteiger partial charge in [0, 0.05) is 25.4 Å². The topological polar surface area (TPSA) is 89.8 Å². The minimum Gasteiger partial charge on any atom is -0.406 e. The van der Waals surface area contributed by atoms with Gasteiger partial charge in [-0.1, -0.05) is 30.3 Å². The quantitative estimate of drug-likeness (QED) is 0.437. The maximum atomic E-state index is 12.7. The van der Waals surface area contributed by atoms with Gasteiger partial charge in [0.2, 0.25) is 10.7 Å². The van der Waals surface area contributed by atoms with Gasteiger partial charge in [-0.2, -0.15) is 0 Å². The molecule has 1 N–H and O–H groups in total. The Morgan fingerprint density at radius 3 is 2.41 bits per heavy atom. The van der Waals surface area contributed by atoms with Gasteiger partial charge in [-0.15, -0.1) is 28.9 Å². The zero-order valence-corrected chi connectivity index (χ0v) is 19.7. The molecule has 3 aromatic rings. The van der Waals surface area contributed by atoms with Gasteiger partial charge in [-0.05, 0) is 41.8 Å². The van der Waals surface area contributed by atoms with Gasteiger partial charge in [0.25, 0.3) is 10.0 Å². The third-order valence-corrected chi connectivity index (χ3v) is 6.65. The second-order valence-electron chi connectivity index (χ2n) is 7.27. The number of aromatic nitrogens is 1. The number of nitrogens with zero attached hydrogens (tertiary/aromatic N) is 2. The number of halogens is 3. The summed E-state index contributed by atoms with van der Waals surface area (Å²) in [4.78, 5) is 11.4. The lowest BCUT2D eigenvalue weighted by Gasteiger charge is -2.11. The van der Waals surface area contributed by atoms with Crippen LogP contribution in [-0.4, -0.2) is 31.8 Å². The number of sulfonamides is 1. The van der Waals surface area contributed by atoms with Crippen LogP contribution in [0.2, 0.25) is 0 Å². The average molecular weight is 514 g/mol. The number of alkyl halides is 3. The fourth-order valence-corrected chi connectivity index (χ4v) is 5.44. The highest BCUT2D eigenvalue weighted by Crippen LogP contribution is 2.27. The molecule has 182 valence electrons. The molecule has 0 aliphatic heterocycles. The lowest BCUT2D eigenvalue weighted by Crippen LogP contribution is -2.24. The van der Waals surface area contributed by atoms with Crippen molar-refractivity contribution >= 4 is 27.3 Å². The van der Waals surface area contributed by atoms with Crippen LogP contribution in [0.5, 0.6) is 5.75 Å². The van der Waals surface area contributed by atoms with Crippen LogP contribution in [0.15, 0.2) is 64.4 Å². The van der Waals surface area contributed by atoms with Crippen LogP contribution in [0.4, 0.5) is 13.2 Å². The number of carbonyl (C=O) groups excluding carboxylic acids is 1. The van der Waals surface area contributed by atoms with Gasteiger partial charge in [0.15, 0.2) is 0 Å². The monoisotopic (exact) mass is 513 g/mol. The molecule has 1 heterocycles. The maximum Gasteiger partial charge on any atom is 0.573 e. The van der Waals surface area contributed by atoms with Crippen molar-refractivity contribution < 1.29 is 31.1 Å². The van der Waals surface area contributed by atoms with Crippen molar-refractivity contribution in [1.29, 1.82) is 0 Å². The lowest BCUT2D eigenvalue weighted by atomic mass is 10.1. The number of nitrogens with one attached hydrogen (secondary N) is 1. The lowest BCUT2D eigenvalue weighted by molar-refractivity contribution is -0.274. The van der Waals surface area contributed by atoms with Crippen molar-refractivity contribution in [3.05, 3.63) is 70.3 Å². The highest BCUT2D eigenvalue weighted by Gasteiger charge is 2.31. The molecule has 0 atom stereocenters. The van der Waals surface area contributed by atoms with Crippen molar-refractivity contribution in [3.63, 3.8) is 0 Å². The van der Waals surface area contributed by atoms with Crippen molar-refractivity contribution in [2.45, 2.75) is 32.0 Å². The molecule has 1 aromatic heterocycles. The Kier molecular flexibility index (Phi) is 8.15. The molecular formula is C22H22F3N3O4S2. The number of hydrogen-bond acceptors (Lipinski definition) is 5. The minimum atomic E-state index is -4.80. The van der Waals surface area contributed by atoms with E-state index in [2.05, 4.69) is 14.5 Å². The van der Waals surface area contributed by atoms with Crippen molar-refractivity contribution in [2.75, 3.05) is 6.54 Å². The van der Waals surface area contributed by atoms with Gasteiger partial charge in [0.1, 0.15) is 5.75 Å². The molecule has 0 spiro atoms. The smallest absolute Gasteiger partial charge is 0.406 e. The SMILES string of the molecule is CC(=O)NCCCn1c(-c2ccc(OC(F)(F)F)cc2)cs/c1=N\S(=O)(=O)Cc1ccccc1. The van der Waals surface area contributed by atoms with E-state index in [9.17, 15) is 26.4 Å². The summed E-state index contributed by atoms with van der Waals surface area (Å²) in [6, 6.07) is 13.9. The summed E-state index contributed by atoms with van der Waals surface area (Å²) in [5.41, 5.74) is 1.74. The molecule has 0 fully saturated rings. The van der Waals surface area contributed by atoms with Crippen LogP contribution in [0.3, 0.4) is 0 Å². The molecule has 0 unspecified atom stereocenters. The van der Waals surface area contributed by atoms with Crippen LogP contribution in [0.25, 0.3) is 11.3 Å². The molecule has 12 heteroatoms. The Morgan fingerprint density at radius 2 is 1.79 bits per heavy atom. The van der Waals surface area contributed by atoms with Gasteiger partial charge < -0.3 is 14.6 Å². The summed E-state index contributed by atoms with van der Waals surface area (Å²) in [5, 5.41) is 4.37. The highest BCUT2D eigenvalue weighted by atomic mass is 32.2. The Hall–Kier alpha value is -3.12. The molecule has 0 aliphatic carbocycles. The Balaban J connectivity index is 1.93. The average Bonchev–Trinajstić information content (AvgIpc) is 3.12. The van der Waals surface area contributed by atoms with Crippen LogP contribution in [-0.2, 0) is 27.1 Å². The molecule has 7 nitrogen and oxygen atoms in total. The van der Waals surface area contributed by atoms with E-state index in [1.807, 2.05) is 0 Å². The van der Waals surface area contributed by atoms with Crippen molar-refractivity contribution in [3.8, 4) is 17.0 Å². The second kappa shape index (κ2) is 10.9. The van der Waals surface area contributed by atoms with E-state index < -0.39 is 16.4 Å². The van der Waals surface area contributed by atoms with E-state index in [4.69, 9.17) is 0 Å². The number of carbonyl (C=O) groups is 1. The van der Waals surface area contributed by atoms with E-state index in [1.54, 1.807) is 40.3 Å². The van der Waals surface area contributed by atoms with Gasteiger partial charge in [-0.3, -0.25) is 4.79 Å². The molecule has 0 saturated heterocycles. The van der Waals surface area contributed by atoms with Crippen LogP contribution in [0.1, 0.15) is 18.9 Å². The van der Waals surface area contributed by atoms with E-state index in [0.29, 0.717) is 36.3 Å². The first-order valence-electron chi connectivity index (χ1n) is 10.1. The van der Waals surface area contributed by atoms with Gasteiger partial charge in [-0.25, -0.2) is 8.42 Å². The molecule has 0 aliphatic rings. The summed E-state index contributed by atoms with van der Waals surface area (Å²) in [7, 11) is -3.85. The first-order valence-corrected chi connectivity index (χ1v) is 12.6. The Bertz CT molecular complexity index is 1280. The Labute approximate surface area is 198 Å². The zero-order chi connectivity index (χ0) is 24.8. The fraction of sp³-hybridized carbons (Fsp3) is 0.273. The summed E-state index contributed by atoms with van der Waals surface area (Å²) in [6.07, 6.45) is -4.31. The molecule has 0 bridgehead atoms. The predicted molar refractivity (Wildman–Crippen MR) is 122 cm³/mol.